The highest BCUT2D eigenvalue weighted by atomic mass is 35.5. The smallest absolute Gasteiger partial charge is 0.0534 e. The summed E-state index contributed by atoms with van der Waals surface area (Å²) in [5, 5.41) is 7.05. The van der Waals surface area contributed by atoms with Crippen molar-refractivity contribution in [1.29, 1.82) is 0 Å². The minimum absolute atomic E-state index is 0.545. The highest BCUT2D eigenvalue weighted by Crippen LogP contribution is 2.28. The second-order valence-electron chi connectivity index (χ2n) is 3.33. The molecule has 1 N–H and O–H groups in total. The lowest BCUT2D eigenvalue weighted by Crippen LogP contribution is -2.15. The van der Waals surface area contributed by atoms with Crippen LogP contribution in [0, 0.1) is 0 Å². The molecule has 0 spiro atoms. The van der Waals surface area contributed by atoms with Crippen molar-refractivity contribution in [2.45, 2.75) is 24.6 Å². The molecule has 0 aromatic carbocycles. The van der Waals surface area contributed by atoms with Gasteiger partial charge in [-0.1, -0.05) is 0 Å². The van der Waals surface area contributed by atoms with Crippen LogP contribution in [0.5, 0.6) is 0 Å². The molecule has 4 heteroatoms. The summed E-state index contributed by atoms with van der Waals surface area (Å²) in [6.07, 6.45) is 3.97. The predicted molar refractivity (Wildman–Crippen MR) is 50.9 cm³/mol. The Kier molecular flexibility index (Phi) is 2.86. The number of rotatable bonds is 2. The number of hydrogen-bond donors (Lipinski definition) is 1. The van der Waals surface area contributed by atoms with E-state index in [4.69, 9.17) is 16.3 Å². The number of aromatic amines is 1. The summed E-state index contributed by atoms with van der Waals surface area (Å²) in [4.78, 5) is 0. The fourth-order valence-electron chi connectivity index (χ4n) is 1.77. The Bertz CT molecular complexity index is 268. The van der Waals surface area contributed by atoms with Gasteiger partial charge in [-0.2, -0.15) is 5.10 Å². The van der Waals surface area contributed by atoms with Crippen LogP contribution in [-0.2, 0) is 10.6 Å². The van der Waals surface area contributed by atoms with Gasteiger partial charge in [0.2, 0.25) is 0 Å². The van der Waals surface area contributed by atoms with Gasteiger partial charge in [-0.15, -0.1) is 11.6 Å². The van der Waals surface area contributed by atoms with Crippen LogP contribution in [0.25, 0.3) is 0 Å². The molecule has 0 saturated carbocycles. The molecular formula is C9H13ClN2O. The van der Waals surface area contributed by atoms with E-state index in [-0.39, 0.29) is 0 Å². The Balaban J connectivity index is 2.13. The molecule has 1 aliphatic rings. The van der Waals surface area contributed by atoms with Crippen molar-refractivity contribution < 1.29 is 4.74 Å². The largest absolute Gasteiger partial charge is 0.381 e. The molecule has 0 unspecified atom stereocenters. The third kappa shape index (κ3) is 1.86. The molecule has 1 fully saturated rings. The molecule has 2 heterocycles. The summed E-state index contributed by atoms with van der Waals surface area (Å²) in [6, 6.07) is 0. The van der Waals surface area contributed by atoms with Crippen molar-refractivity contribution in [1.82, 2.24) is 10.2 Å². The Hall–Kier alpha value is -0.540. The quantitative estimate of drug-likeness (QED) is 0.742. The molecule has 1 aromatic rings. The van der Waals surface area contributed by atoms with Crippen LogP contribution in [0.15, 0.2) is 6.20 Å². The van der Waals surface area contributed by atoms with Gasteiger partial charge in [-0.3, -0.25) is 5.10 Å². The standard InChI is InChI=1S/C9H13ClN2O/c10-5-8-6-11-12-9(8)7-1-3-13-4-2-7/h6-7H,1-5H2,(H,11,12). The monoisotopic (exact) mass is 200 g/mol. The molecule has 1 aromatic heterocycles. The molecule has 1 saturated heterocycles. The van der Waals surface area contributed by atoms with Gasteiger partial charge in [-0.05, 0) is 12.8 Å². The van der Waals surface area contributed by atoms with Crippen LogP contribution in [0.2, 0.25) is 0 Å². The lowest BCUT2D eigenvalue weighted by atomic mass is 9.94. The normalized spacial score (nSPS) is 19.2. The van der Waals surface area contributed by atoms with Crippen LogP contribution in [0.1, 0.15) is 30.0 Å². The van der Waals surface area contributed by atoms with Gasteiger partial charge in [-0.25, -0.2) is 0 Å². The fraction of sp³-hybridized carbons (Fsp3) is 0.667. The maximum Gasteiger partial charge on any atom is 0.0534 e. The number of H-pyrrole nitrogens is 1. The summed E-state index contributed by atoms with van der Waals surface area (Å²) >= 11 is 5.80. The van der Waals surface area contributed by atoms with Crippen molar-refractivity contribution in [3.05, 3.63) is 17.5 Å². The lowest BCUT2D eigenvalue weighted by Gasteiger charge is -2.21. The third-order valence-electron chi connectivity index (χ3n) is 2.52. The van der Waals surface area contributed by atoms with Gasteiger partial charge >= 0.3 is 0 Å². The highest BCUT2D eigenvalue weighted by Gasteiger charge is 2.19. The Morgan fingerprint density at radius 2 is 2.31 bits per heavy atom. The van der Waals surface area contributed by atoms with Gasteiger partial charge in [0, 0.05) is 30.4 Å². The highest BCUT2D eigenvalue weighted by molar-refractivity contribution is 6.17. The topological polar surface area (TPSA) is 37.9 Å². The van der Waals surface area contributed by atoms with Crippen molar-refractivity contribution >= 4 is 11.6 Å². The predicted octanol–water partition coefficient (Wildman–Crippen LogP) is 2.04. The van der Waals surface area contributed by atoms with Gasteiger partial charge < -0.3 is 4.74 Å². The molecule has 3 nitrogen and oxygen atoms in total. The number of aromatic nitrogens is 2. The van der Waals surface area contributed by atoms with Gasteiger partial charge in [0.05, 0.1) is 12.1 Å². The molecule has 13 heavy (non-hydrogen) atoms. The average Bonchev–Trinajstić information content (AvgIpc) is 2.67. The van der Waals surface area contributed by atoms with E-state index in [1.807, 2.05) is 6.20 Å². The van der Waals surface area contributed by atoms with Crippen LogP contribution < -0.4 is 0 Å². The molecule has 0 radical (unpaired) electrons. The number of nitrogens with one attached hydrogen (secondary N) is 1. The van der Waals surface area contributed by atoms with E-state index in [2.05, 4.69) is 10.2 Å². The zero-order valence-electron chi connectivity index (χ0n) is 7.42. The second-order valence-corrected chi connectivity index (χ2v) is 3.60. The Labute approximate surface area is 82.4 Å². The second kappa shape index (κ2) is 4.11. The van der Waals surface area contributed by atoms with E-state index in [0.29, 0.717) is 11.8 Å². The first kappa shape index (κ1) is 9.03. The van der Waals surface area contributed by atoms with Crippen molar-refractivity contribution in [3.8, 4) is 0 Å². The third-order valence-corrected chi connectivity index (χ3v) is 2.81. The number of hydrogen-bond acceptors (Lipinski definition) is 2. The lowest BCUT2D eigenvalue weighted by molar-refractivity contribution is 0.0843. The van der Waals surface area contributed by atoms with Crippen molar-refractivity contribution in [2.24, 2.45) is 0 Å². The molecular weight excluding hydrogens is 188 g/mol. The number of ether oxygens (including phenoxy) is 1. The molecule has 72 valence electrons. The van der Waals surface area contributed by atoms with Crippen molar-refractivity contribution in [3.63, 3.8) is 0 Å². The molecule has 2 rings (SSSR count). The Morgan fingerprint density at radius 3 is 3.00 bits per heavy atom. The zero-order chi connectivity index (χ0) is 9.10. The summed E-state index contributed by atoms with van der Waals surface area (Å²) < 4.78 is 5.30. The van der Waals surface area contributed by atoms with Crippen molar-refractivity contribution in [2.75, 3.05) is 13.2 Å². The van der Waals surface area contributed by atoms with E-state index < -0.39 is 0 Å². The minimum atomic E-state index is 0.545. The van der Waals surface area contributed by atoms with Gasteiger partial charge in [0.15, 0.2) is 0 Å². The van der Waals surface area contributed by atoms with E-state index in [9.17, 15) is 0 Å². The van der Waals surface area contributed by atoms with Gasteiger partial charge in [0.25, 0.3) is 0 Å². The van der Waals surface area contributed by atoms with Crippen LogP contribution in [0.4, 0.5) is 0 Å². The van der Waals surface area contributed by atoms with Crippen LogP contribution in [0.3, 0.4) is 0 Å². The molecule has 0 atom stereocenters. The minimum Gasteiger partial charge on any atom is -0.381 e. The summed E-state index contributed by atoms with van der Waals surface area (Å²) in [5.41, 5.74) is 2.34. The molecule has 1 aliphatic heterocycles. The number of alkyl halides is 1. The summed E-state index contributed by atoms with van der Waals surface area (Å²) in [5.74, 6) is 1.11. The van der Waals surface area contributed by atoms with E-state index in [0.717, 1.165) is 31.6 Å². The molecule has 0 aliphatic carbocycles. The average molecular weight is 201 g/mol. The molecule has 0 amide bonds. The first-order valence-electron chi connectivity index (χ1n) is 4.57. The first-order chi connectivity index (χ1) is 6.42. The number of nitrogens with zero attached hydrogens (tertiary/aromatic N) is 1. The fourth-order valence-corrected chi connectivity index (χ4v) is 1.98. The van der Waals surface area contributed by atoms with E-state index >= 15 is 0 Å². The summed E-state index contributed by atoms with van der Waals surface area (Å²) in [6.45, 7) is 1.71. The van der Waals surface area contributed by atoms with Crippen LogP contribution in [-0.4, -0.2) is 23.4 Å². The van der Waals surface area contributed by atoms with Crippen LogP contribution >= 0.6 is 11.6 Å². The number of halogens is 1. The maximum absolute atomic E-state index is 5.80. The summed E-state index contributed by atoms with van der Waals surface area (Å²) in [7, 11) is 0. The Morgan fingerprint density at radius 1 is 1.54 bits per heavy atom. The van der Waals surface area contributed by atoms with Gasteiger partial charge in [0.1, 0.15) is 0 Å². The molecule has 0 bridgehead atoms. The zero-order valence-corrected chi connectivity index (χ0v) is 8.18. The maximum atomic E-state index is 5.80. The van der Waals surface area contributed by atoms with E-state index in [1.165, 1.54) is 5.69 Å². The SMILES string of the molecule is ClCc1cn[nH]c1C1CCOCC1. The first-order valence-corrected chi connectivity index (χ1v) is 5.11. The van der Waals surface area contributed by atoms with E-state index in [1.54, 1.807) is 0 Å².